The Bertz CT molecular complexity index is 501. The molecule has 0 atom stereocenters. The normalized spacial score (nSPS) is 10.4. The van der Waals surface area contributed by atoms with Crippen molar-refractivity contribution >= 4 is 5.78 Å². The van der Waals surface area contributed by atoms with E-state index in [0.717, 1.165) is 11.3 Å². The van der Waals surface area contributed by atoms with Crippen molar-refractivity contribution in [1.82, 2.24) is 4.57 Å². The zero-order chi connectivity index (χ0) is 11.7. The van der Waals surface area contributed by atoms with Crippen molar-refractivity contribution in [2.75, 3.05) is 0 Å². The first kappa shape index (κ1) is 10.7. The zero-order valence-corrected chi connectivity index (χ0v) is 9.82. The number of Topliss-reactive ketones (excluding diaryl/α,β-unsaturated/α-hetero) is 1. The molecule has 1 heterocycles. The lowest BCUT2D eigenvalue weighted by Gasteiger charge is -2.09. The maximum absolute atomic E-state index is 11.2. The van der Waals surface area contributed by atoms with Crippen molar-refractivity contribution in [3.63, 3.8) is 0 Å². The molecular formula is C14H15NO. The number of aromatic nitrogens is 1. The van der Waals surface area contributed by atoms with Gasteiger partial charge in [0.25, 0.3) is 0 Å². The van der Waals surface area contributed by atoms with Gasteiger partial charge >= 0.3 is 0 Å². The first-order chi connectivity index (χ1) is 7.59. The third-order valence-corrected chi connectivity index (χ3v) is 2.80. The lowest BCUT2D eigenvalue weighted by atomic mass is 10.1. The second-order valence-corrected chi connectivity index (χ2v) is 4.05. The Morgan fingerprint density at radius 2 is 1.44 bits per heavy atom. The lowest BCUT2D eigenvalue weighted by molar-refractivity contribution is 0.101. The predicted octanol–water partition coefficient (Wildman–Crippen LogP) is 3.30. The number of aryl methyl sites for hydroxylation is 2. The summed E-state index contributed by atoms with van der Waals surface area (Å²) in [5.41, 5.74) is 4.26. The van der Waals surface area contributed by atoms with Crippen LogP contribution in [0.15, 0.2) is 36.4 Å². The maximum Gasteiger partial charge on any atom is 0.159 e. The van der Waals surface area contributed by atoms with Crippen molar-refractivity contribution in [2.45, 2.75) is 20.8 Å². The van der Waals surface area contributed by atoms with Gasteiger partial charge in [0.2, 0.25) is 0 Å². The fourth-order valence-electron chi connectivity index (χ4n) is 1.92. The second-order valence-electron chi connectivity index (χ2n) is 4.05. The van der Waals surface area contributed by atoms with Gasteiger partial charge in [-0.3, -0.25) is 4.79 Å². The van der Waals surface area contributed by atoms with Gasteiger partial charge < -0.3 is 4.57 Å². The first-order valence-corrected chi connectivity index (χ1v) is 5.36. The minimum Gasteiger partial charge on any atom is -0.319 e. The summed E-state index contributed by atoms with van der Waals surface area (Å²) in [5, 5.41) is 0. The zero-order valence-electron chi connectivity index (χ0n) is 9.82. The number of benzene rings is 1. The molecule has 0 aliphatic rings. The van der Waals surface area contributed by atoms with Gasteiger partial charge in [0.05, 0.1) is 0 Å². The summed E-state index contributed by atoms with van der Waals surface area (Å²) in [6, 6.07) is 11.9. The van der Waals surface area contributed by atoms with Crippen LogP contribution >= 0.6 is 0 Å². The third-order valence-electron chi connectivity index (χ3n) is 2.80. The van der Waals surface area contributed by atoms with Crippen LogP contribution in [0.3, 0.4) is 0 Å². The van der Waals surface area contributed by atoms with Crippen LogP contribution in [-0.2, 0) is 0 Å². The van der Waals surface area contributed by atoms with Gasteiger partial charge in [-0.2, -0.15) is 0 Å². The highest BCUT2D eigenvalue weighted by Crippen LogP contribution is 2.16. The van der Waals surface area contributed by atoms with Crippen LogP contribution in [0.2, 0.25) is 0 Å². The van der Waals surface area contributed by atoms with E-state index in [-0.39, 0.29) is 5.78 Å². The summed E-state index contributed by atoms with van der Waals surface area (Å²) in [4.78, 5) is 11.2. The summed E-state index contributed by atoms with van der Waals surface area (Å²) in [5.74, 6) is 0.104. The average Bonchev–Trinajstić information content (AvgIpc) is 2.59. The van der Waals surface area contributed by atoms with E-state index >= 15 is 0 Å². The average molecular weight is 213 g/mol. The Morgan fingerprint density at radius 3 is 1.88 bits per heavy atom. The van der Waals surface area contributed by atoms with Crippen LogP contribution < -0.4 is 0 Å². The van der Waals surface area contributed by atoms with Gasteiger partial charge in [0.15, 0.2) is 5.78 Å². The van der Waals surface area contributed by atoms with E-state index in [9.17, 15) is 4.79 Å². The molecule has 0 amide bonds. The highest BCUT2D eigenvalue weighted by molar-refractivity contribution is 5.94. The van der Waals surface area contributed by atoms with E-state index in [0.29, 0.717) is 0 Å². The van der Waals surface area contributed by atoms with E-state index in [2.05, 4.69) is 30.5 Å². The Balaban J connectivity index is 2.46. The number of nitrogens with zero attached hydrogens (tertiary/aromatic N) is 1. The summed E-state index contributed by atoms with van der Waals surface area (Å²) in [6.45, 7) is 5.74. The van der Waals surface area contributed by atoms with E-state index < -0.39 is 0 Å². The standard InChI is InChI=1S/C14H15NO/c1-10-4-5-11(2)15(10)14-8-6-13(7-9-14)12(3)16/h4-9H,1-3H3. The fourth-order valence-corrected chi connectivity index (χ4v) is 1.92. The molecule has 1 aromatic carbocycles. The number of carbonyl (C=O) groups excluding carboxylic acids is 1. The molecule has 2 nitrogen and oxygen atoms in total. The van der Waals surface area contributed by atoms with Gasteiger partial charge in [-0.05, 0) is 57.2 Å². The summed E-state index contributed by atoms with van der Waals surface area (Å²) in [6.07, 6.45) is 0. The molecule has 0 bridgehead atoms. The minimum atomic E-state index is 0.104. The molecule has 0 fully saturated rings. The van der Waals surface area contributed by atoms with Crippen molar-refractivity contribution < 1.29 is 4.79 Å². The van der Waals surface area contributed by atoms with Gasteiger partial charge in [0.1, 0.15) is 0 Å². The molecule has 2 rings (SSSR count). The van der Waals surface area contributed by atoms with Crippen LogP contribution in [0.5, 0.6) is 0 Å². The number of hydrogen-bond acceptors (Lipinski definition) is 1. The Morgan fingerprint density at radius 1 is 0.938 bits per heavy atom. The monoisotopic (exact) mass is 213 g/mol. The minimum absolute atomic E-state index is 0.104. The smallest absolute Gasteiger partial charge is 0.159 e. The molecule has 0 unspecified atom stereocenters. The molecule has 1 aromatic heterocycles. The Labute approximate surface area is 95.5 Å². The molecule has 0 aliphatic heterocycles. The number of carbonyl (C=O) groups is 1. The van der Waals surface area contributed by atoms with Crippen molar-refractivity contribution in [2.24, 2.45) is 0 Å². The summed E-state index contributed by atoms with van der Waals surface area (Å²) < 4.78 is 2.17. The first-order valence-electron chi connectivity index (χ1n) is 5.36. The highest BCUT2D eigenvalue weighted by atomic mass is 16.1. The molecule has 2 aromatic rings. The second kappa shape index (κ2) is 3.97. The van der Waals surface area contributed by atoms with Gasteiger partial charge in [-0.15, -0.1) is 0 Å². The summed E-state index contributed by atoms with van der Waals surface area (Å²) >= 11 is 0. The van der Waals surface area contributed by atoms with Crippen LogP contribution in [0, 0.1) is 13.8 Å². The fraction of sp³-hybridized carbons (Fsp3) is 0.214. The molecule has 0 aliphatic carbocycles. The maximum atomic E-state index is 11.2. The van der Waals surface area contributed by atoms with E-state index in [1.54, 1.807) is 6.92 Å². The number of hydrogen-bond donors (Lipinski definition) is 0. The molecule has 16 heavy (non-hydrogen) atoms. The summed E-state index contributed by atoms with van der Waals surface area (Å²) in [7, 11) is 0. The van der Waals surface area contributed by atoms with Crippen LogP contribution in [0.4, 0.5) is 0 Å². The van der Waals surface area contributed by atoms with Crippen molar-refractivity contribution in [1.29, 1.82) is 0 Å². The molecule has 0 radical (unpaired) electrons. The third kappa shape index (κ3) is 1.78. The molecule has 82 valence electrons. The Hall–Kier alpha value is -1.83. The number of ketones is 1. The van der Waals surface area contributed by atoms with Crippen LogP contribution in [0.1, 0.15) is 28.7 Å². The van der Waals surface area contributed by atoms with Crippen LogP contribution in [0.25, 0.3) is 5.69 Å². The largest absolute Gasteiger partial charge is 0.319 e. The van der Waals surface area contributed by atoms with Crippen LogP contribution in [-0.4, -0.2) is 10.4 Å². The van der Waals surface area contributed by atoms with E-state index in [1.165, 1.54) is 11.4 Å². The quantitative estimate of drug-likeness (QED) is 0.701. The Kier molecular flexibility index (Phi) is 2.65. The van der Waals surface area contributed by atoms with Gasteiger partial charge in [-0.25, -0.2) is 0 Å². The van der Waals surface area contributed by atoms with Crippen molar-refractivity contribution in [3.05, 3.63) is 53.3 Å². The topological polar surface area (TPSA) is 22.0 Å². The van der Waals surface area contributed by atoms with E-state index in [4.69, 9.17) is 0 Å². The highest BCUT2D eigenvalue weighted by Gasteiger charge is 2.04. The molecule has 0 saturated carbocycles. The molecule has 0 saturated heterocycles. The lowest BCUT2D eigenvalue weighted by Crippen LogP contribution is -1.99. The molecule has 0 N–H and O–H groups in total. The number of rotatable bonds is 2. The molecular weight excluding hydrogens is 198 g/mol. The molecule has 0 spiro atoms. The van der Waals surface area contributed by atoms with Crippen molar-refractivity contribution in [3.8, 4) is 5.69 Å². The molecule has 2 heteroatoms. The predicted molar refractivity (Wildman–Crippen MR) is 65.2 cm³/mol. The van der Waals surface area contributed by atoms with E-state index in [1.807, 2.05) is 24.3 Å². The van der Waals surface area contributed by atoms with Gasteiger partial charge in [0, 0.05) is 22.6 Å². The van der Waals surface area contributed by atoms with Gasteiger partial charge in [-0.1, -0.05) is 0 Å². The SMILES string of the molecule is CC(=O)c1ccc(-n2c(C)ccc2C)cc1.